The highest BCUT2D eigenvalue weighted by molar-refractivity contribution is 9.10. The second kappa shape index (κ2) is 6.35. The van der Waals surface area contributed by atoms with Crippen LogP contribution >= 0.6 is 27.7 Å². The molecule has 0 bridgehead atoms. The summed E-state index contributed by atoms with van der Waals surface area (Å²) in [5, 5.41) is 3.65. The fourth-order valence-electron chi connectivity index (χ4n) is 2.32. The number of nitrogens with one attached hydrogen (secondary N) is 1. The van der Waals surface area contributed by atoms with E-state index in [0.717, 1.165) is 12.2 Å². The summed E-state index contributed by atoms with van der Waals surface area (Å²) in [6.45, 7) is 0. The van der Waals surface area contributed by atoms with Crippen molar-refractivity contribution in [3.63, 3.8) is 0 Å². The third kappa shape index (κ3) is 3.06. The Balaban J connectivity index is 2.18. The summed E-state index contributed by atoms with van der Waals surface area (Å²) in [6.07, 6.45) is 2.70. The fraction of sp³-hybridized carbons (Fsp3) is 0.538. The zero-order valence-electron chi connectivity index (χ0n) is 10.2. The second-order valence-corrected chi connectivity index (χ2v) is 6.67. The van der Waals surface area contributed by atoms with Crippen LogP contribution in [0.3, 0.4) is 0 Å². The number of thioether (sulfide) groups is 1. The molecule has 1 aliphatic rings. The SMILES string of the molecule is CNC(Cc1c(F)ccc(Br)c1F)C1CCCS1. The van der Waals surface area contributed by atoms with E-state index in [9.17, 15) is 8.78 Å². The molecule has 1 aromatic carbocycles. The van der Waals surface area contributed by atoms with Gasteiger partial charge in [-0.2, -0.15) is 11.8 Å². The summed E-state index contributed by atoms with van der Waals surface area (Å²) in [6, 6.07) is 2.85. The maximum Gasteiger partial charge on any atom is 0.143 e. The first-order valence-corrected chi connectivity index (χ1v) is 7.89. The van der Waals surface area contributed by atoms with Gasteiger partial charge in [0.2, 0.25) is 0 Å². The van der Waals surface area contributed by atoms with Gasteiger partial charge in [0, 0.05) is 16.9 Å². The van der Waals surface area contributed by atoms with Crippen LogP contribution in [0.5, 0.6) is 0 Å². The van der Waals surface area contributed by atoms with Gasteiger partial charge in [-0.15, -0.1) is 0 Å². The first-order chi connectivity index (χ1) is 8.63. The minimum atomic E-state index is -0.474. The van der Waals surface area contributed by atoms with Crippen molar-refractivity contribution in [2.45, 2.75) is 30.6 Å². The molecule has 0 aliphatic carbocycles. The quantitative estimate of drug-likeness (QED) is 0.841. The number of rotatable bonds is 4. The molecule has 1 aromatic rings. The molecule has 1 fully saturated rings. The van der Waals surface area contributed by atoms with E-state index in [4.69, 9.17) is 0 Å². The Kier molecular flexibility index (Phi) is 5.04. The topological polar surface area (TPSA) is 12.0 Å². The van der Waals surface area contributed by atoms with E-state index in [0.29, 0.717) is 16.1 Å². The van der Waals surface area contributed by atoms with Crippen molar-refractivity contribution in [3.8, 4) is 0 Å². The molecule has 100 valence electrons. The van der Waals surface area contributed by atoms with Crippen molar-refractivity contribution in [3.05, 3.63) is 33.8 Å². The van der Waals surface area contributed by atoms with Crippen LogP contribution < -0.4 is 5.32 Å². The van der Waals surface area contributed by atoms with E-state index in [-0.39, 0.29) is 11.6 Å². The lowest BCUT2D eigenvalue weighted by atomic mass is 10.00. The molecule has 18 heavy (non-hydrogen) atoms. The molecule has 0 aromatic heterocycles. The highest BCUT2D eigenvalue weighted by atomic mass is 79.9. The summed E-state index contributed by atoms with van der Waals surface area (Å²) in [5.74, 6) is 0.212. The second-order valence-electron chi connectivity index (χ2n) is 4.47. The zero-order chi connectivity index (χ0) is 13.1. The van der Waals surface area contributed by atoms with E-state index in [1.54, 1.807) is 0 Å². The predicted octanol–water partition coefficient (Wildman–Crippen LogP) is 3.75. The molecule has 1 saturated heterocycles. The molecule has 2 atom stereocenters. The van der Waals surface area contributed by atoms with Gasteiger partial charge in [0.15, 0.2) is 0 Å². The average molecular weight is 336 g/mol. The first-order valence-electron chi connectivity index (χ1n) is 6.04. The monoisotopic (exact) mass is 335 g/mol. The van der Waals surface area contributed by atoms with E-state index in [1.165, 1.54) is 18.6 Å². The minimum absolute atomic E-state index is 0.121. The maximum absolute atomic E-state index is 13.9. The number of likely N-dealkylation sites (N-methyl/N-ethyl adjacent to an activating group) is 1. The molecule has 1 nitrogen and oxygen atoms in total. The van der Waals surface area contributed by atoms with Gasteiger partial charge in [-0.25, -0.2) is 8.78 Å². The lowest BCUT2D eigenvalue weighted by molar-refractivity contribution is 0.484. The standard InChI is InChI=1S/C13H16BrF2NS/c1-17-11(12-3-2-6-18-12)7-8-10(15)5-4-9(14)13(8)16/h4-5,11-12,17H,2-3,6-7H2,1H3. The van der Waals surface area contributed by atoms with Crippen LogP contribution in [0.25, 0.3) is 0 Å². The van der Waals surface area contributed by atoms with Crippen molar-refractivity contribution >= 4 is 27.7 Å². The summed E-state index contributed by atoms with van der Waals surface area (Å²) >= 11 is 5.00. The van der Waals surface area contributed by atoms with Gasteiger partial charge < -0.3 is 5.32 Å². The molecule has 2 rings (SSSR count). The maximum atomic E-state index is 13.9. The minimum Gasteiger partial charge on any atom is -0.316 e. The molecule has 0 radical (unpaired) electrons. The van der Waals surface area contributed by atoms with Crippen molar-refractivity contribution in [1.82, 2.24) is 5.32 Å². The largest absolute Gasteiger partial charge is 0.316 e. The number of benzene rings is 1. The Morgan fingerprint density at radius 1 is 1.50 bits per heavy atom. The van der Waals surface area contributed by atoms with E-state index in [1.807, 2.05) is 18.8 Å². The summed E-state index contributed by atoms with van der Waals surface area (Å²) in [5.41, 5.74) is 0.177. The van der Waals surface area contributed by atoms with Gasteiger partial charge in [-0.3, -0.25) is 0 Å². The predicted molar refractivity (Wildman–Crippen MR) is 76.1 cm³/mol. The molecule has 5 heteroatoms. The van der Waals surface area contributed by atoms with Gasteiger partial charge >= 0.3 is 0 Å². The van der Waals surface area contributed by atoms with Crippen LogP contribution in [-0.2, 0) is 6.42 Å². The third-order valence-corrected chi connectivity index (χ3v) is 5.48. The smallest absolute Gasteiger partial charge is 0.143 e. The Morgan fingerprint density at radius 3 is 2.89 bits per heavy atom. The summed E-state index contributed by atoms with van der Waals surface area (Å²) in [4.78, 5) is 0. The van der Waals surface area contributed by atoms with Crippen LogP contribution in [0.15, 0.2) is 16.6 Å². The molecule has 0 amide bonds. The van der Waals surface area contributed by atoms with Crippen molar-refractivity contribution in [1.29, 1.82) is 0 Å². The number of hydrogen-bond acceptors (Lipinski definition) is 2. The summed E-state index contributed by atoms with van der Waals surface area (Å²) in [7, 11) is 1.86. The number of hydrogen-bond donors (Lipinski definition) is 1. The lowest BCUT2D eigenvalue weighted by Gasteiger charge is -2.23. The molecule has 1 N–H and O–H groups in total. The Bertz CT molecular complexity index is 422. The Hall–Kier alpha value is -0.130. The summed E-state index contributed by atoms with van der Waals surface area (Å²) < 4.78 is 28.0. The van der Waals surface area contributed by atoms with Gasteiger partial charge in [0.25, 0.3) is 0 Å². The molecular weight excluding hydrogens is 320 g/mol. The van der Waals surface area contributed by atoms with E-state index < -0.39 is 11.6 Å². The fourth-order valence-corrected chi connectivity index (χ4v) is 4.12. The molecule has 1 aliphatic heterocycles. The highest BCUT2D eigenvalue weighted by Gasteiger charge is 2.26. The van der Waals surface area contributed by atoms with Crippen LogP contribution in [-0.4, -0.2) is 24.1 Å². The van der Waals surface area contributed by atoms with Crippen LogP contribution in [0.1, 0.15) is 18.4 Å². The van der Waals surface area contributed by atoms with Crippen molar-refractivity contribution < 1.29 is 8.78 Å². The van der Waals surface area contributed by atoms with Gasteiger partial charge in [0.1, 0.15) is 11.6 Å². The van der Waals surface area contributed by atoms with Crippen molar-refractivity contribution in [2.75, 3.05) is 12.8 Å². The van der Waals surface area contributed by atoms with Crippen LogP contribution in [0.4, 0.5) is 8.78 Å². The van der Waals surface area contributed by atoms with E-state index in [2.05, 4.69) is 21.2 Å². The Labute approximate surface area is 119 Å². The van der Waals surface area contributed by atoms with Crippen LogP contribution in [0, 0.1) is 11.6 Å². The molecule has 0 saturated carbocycles. The van der Waals surface area contributed by atoms with Gasteiger partial charge in [0.05, 0.1) is 4.47 Å². The molecular formula is C13H16BrF2NS. The normalized spacial score (nSPS) is 21.2. The van der Waals surface area contributed by atoms with Crippen LogP contribution in [0.2, 0.25) is 0 Å². The Morgan fingerprint density at radius 2 is 2.28 bits per heavy atom. The zero-order valence-corrected chi connectivity index (χ0v) is 12.6. The third-order valence-electron chi connectivity index (χ3n) is 3.35. The van der Waals surface area contributed by atoms with Gasteiger partial charge in [-0.05, 0) is 60.1 Å². The molecule has 2 unspecified atom stereocenters. The lowest BCUT2D eigenvalue weighted by Crippen LogP contribution is -2.37. The number of halogens is 3. The molecule has 0 spiro atoms. The molecule has 1 heterocycles. The average Bonchev–Trinajstić information content (AvgIpc) is 2.88. The van der Waals surface area contributed by atoms with Crippen molar-refractivity contribution in [2.24, 2.45) is 0 Å². The highest BCUT2D eigenvalue weighted by Crippen LogP contribution is 2.31. The first kappa shape index (κ1) is 14.3. The van der Waals surface area contributed by atoms with E-state index >= 15 is 0 Å². The van der Waals surface area contributed by atoms with Gasteiger partial charge in [-0.1, -0.05) is 0 Å².